The number of rotatable bonds is 6. The zero-order valence-electron chi connectivity index (χ0n) is 13.8. The Morgan fingerprint density at radius 3 is 2.38 bits per heavy atom. The largest absolute Gasteiger partial charge is 0.382 e. The van der Waals surface area contributed by atoms with E-state index in [4.69, 9.17) is 4.74 Å². The third-order valence-electron chi connectivity index (χ3n) is 4.77. The molecule has 2 aliphatic heterocycles. The first-order chi connectivity index (χ1) is 11.6. The van der Waals surface area contributed by atoms with Gasteiger partial charge in [0.25, 0.3) is 10.0 Å². The van der Waals surface area contributed by atoms with Crippen molar-refractivity contribution in [1.29, 1.82) is 0 Å². The van der Waals surface area contributed by atoms with E-state index in [-0.39, 0.29) is 6.10 Å². The number of morpholine rings is 1. The van der Waals surface area contributed by atoms with Crippen LogP contribution in [-0.4, -0.2) is 89.5 Å². The van der Waals surface area contributed by atoms with Crippen LogP contribution < -0.4 is 9.80 Å². The second-order valence-corrected chi connectivity index (χ2v) is 9.62. The number of nitrogens with zero attached hydrogens (tertiary/aromatic N) is 1. The third kappa shape index (κ3) is 4.54. The molecule has 0 aromatic carbocycles. The summed E-state index contributed by atoms with van der Waals surface area (Å²) in [6.45, 7) is 7.45. The number of nitrogens with one attached hydrogen (secondary N) is 2. The summed E-state index contributed by atoms with van der Waals surface area (Å²) in [6, 6.07) is 3.43. The first-order valence-electron chi connectivity index (χ1n) is 8.52. The highest BCUT2D eigenvalue weighted by atomic mass is 32.2. The van der Waals surface area contributed by atoms with Gasteiger partial charge in [0.05, 0.1) is 39.4 Å². The van der Waals surface area contributed by atoms with Gasteiger partial charge >= 0.3 is 0 Å². The number of piperazine rings is 1. The molecule has 0 amide bonds. The molecule has 1 aromatic heterocycles. The standard InChI is InChI=1S/C15H25N3O4S2/c19-14(13-17-7-9-22-10-8-17)12-16-3-5-18(6-4-16)24(20,21)15-2-1-11-23-15/h1-2,11,14,19H,3-10,12-13H2/p+2/t14-/m0/s1. The Hall–Kier alpha value is -0.550. The van der Waals surface area contributed by atoms with Crippen LogP contribution in [0, 0.1) is 0 Å². The van der Waals surface area contributed by atoms with Crippen molar-refractivity contribution in [3.63, 3.8) is 0 Å². The summed E-state index contributed by atoms with van der Waals surface area (Å²) in [5.74, 6) is 0. The molecular weight excluding hydrogens is 350 g/mol. The Kier molecular flexibility index (Phi) is 6.25. The van der Waals surface area contributed by atoms with Gasteiger partial charge in [-0.05, 0) is 11.4 Å². The molecular formula is C15H27N3O4S2+2. The normalized spacial score (nSPS) is 23.4. The van der Waals surface area contributed by atoms with Crippen LogP contribution in [0.3, 0.4) is 0 Å². The molecule has 0 saturated carbocycles. The Bertz CT molecular complexity index is 594. The van der Waals surface area contributed by atoms with Gasteiger partial charge < -0.3 is 19.6 Å². The molecule has 2 saturated heterocycles. The molecule has 0 unspecified atom stereocenters. The fourth-order valence-corrected chi connectivity index (χ4v) is 5.97. The Balaban J connectivity index is 1.45. The first kappa shape index (κ1) is 18.2. The van der Waals surface area contributed by atoms with Crippen molar-refractivity contribution >= 4 is 21.4 Å². The number of ether oxygens (including phenoxy) is 1. The van der Waals surface area contributed by atoms with E-state index in [9.17, 15) is 13.5 Å². The molecule has 0 aliphatic carbocycles. The minimum atomic E-state index is -3.34. The Labute approximate surface area is 147 Å². The van der Waals surface area contributed by atoms with E-state index in [0.717, 1.165) is 45.9 Å². The molecule has 1 atom stereocenters. The van der Waals surface area contributed by atoms with Gasteiger partial charge in [-0.1, -0.05) is 6.07 Å². The fraction of sp³-hybridized carbons (Fsp3) is 0.733. The lowest BCUT2D eigenvalue weighted by molar-refractivity contribution is -0.930. The van der Waals surface area contributed by atoms with Crippen LogP contribution in [0.4, 0.5) is 0 Å². The first-order valence-corrected chi connectivity index (χ1v) is 10.8. The van der Waals surface area contributed by atoms with Crippen LogP contribution in [0.2, 0.25) is 0 Å². The number of quaternary nitrogens is 2. The van der Waals surface area contributed by atoms with E-state index in [1.54, 1.807) is 21.8 Å². The molecule has 7 nitrogen and oxygen atoms in total. The van der Waals surface area contributed by atoms with Gasteiger partial charge in [0.1, 0.15) is 30.4 Å². The zero-order chi connectivity index (χ0) is 17.0. The zero-order valence-corrected chi connectivity index (χ0v) is 15.4. The van der Waals surface area contributed by atoms with Crippen LogP contribution in [0.1, 0.15) is 0 Å². The molecule has 3 rings (SSSR count). The van der Waals surface area contributed by atoms with Crippen molar-refractivity contribution < 1.29 is 28.1 Å². The predicted octanol–water partition coefficient (Wildman–Crippen LogP) is -3.09. The highest BCUT2D eigenvalue weighted by molar-refractivity contribution is 7.91. The quantitative estimate of drug-likeness (QED) is 0.491. The van der Waals surface area contributed by atoms with E-state index >= 15 is 0 Å². The lowest BCUT2D eigenvalue weighted by Gasteiger charge is -2.33. The van der Waals surface area contributed by atoms with Crippen LogP contribution in [-0.2, 0) is 14.8 Å². The number of aliphatic hydroxyl groups excluding tert-OH is 1. The second kappa shape index (κ2) is 8.22. The molecule has 0 bridgehead atoms. The average Bonchev–Trinajstić information content (AvgIpc) is 3.11. The van der Waals surface area contributed by atoms with Crippen molar-refractivity contribution in [3.8, 4) is 0 Å². The van der Waals surface area contributed by atoms with Gasteiger partial charge in [0, 0.05) is 0 Å². The van der Waals surface area contributed by atoms with E-state index in [2.05, 4.69) is 0 Å². The predicted molar refractivity (Wildman–Crippen MR) is 91.0 cm³/mol. The molecule has 0 spiro atoms. The van der Waals surface area contributed by atoms with E-state index in [1.807, 2.05) is 0 Å². The molecule has 9 heteroatoms. The van der Waals surface area contributed by atoms with Crippen molar-refractivity contribution in [1.82, 2.24) is 4.31 Å². The van der Waals surface area contributed by atoms with E-state index in [1.165, 1.54) is 21.1 Å². The van der Waals surface area contributed by atoms with Crippen molar-refractivity contribution in [2.75, 3.05) is 65.6 Å². The molecule has 2 fully saturated rings. The van der Waals surface area contributed by atoms with Gasteiger partial charge in [0.2, 0.25) is 0 Å². The summed E-state index contributed by atoms with van der Waals surface area (Å²) in [7, 11) is -3.34. The number of thiophene rings is 1. The smallest absolute Gasteiger partial charge is 0.252 e. The maximum atomic E-state index is 12.5. The Morgan fingerprint density at radius 2 is 1.79 bits per heavy atom. The van der Waals surface area contributed by atoms with E-state index in [0.29, 0.717) is 23.8 Å². The SMILES string of the molecule is O=S(=O)(c1cccs1)N1CC[NH+](C[C@H](O)C[NH+]2CCOCC2)CC1. The van der Waals surface area contributed by atoms with Crippen LogP contribution in [0.15, 0.2) is 21.7 Å². The highest BCUT2D eigenvalue weighted by Gasteiger charge is 2.32. The molecule has 2 aliphatic rings. The van der Waals surface area contributed by atoms with Crippen molar-refractivity contribution in [3.05, 3.63) is 17.5 Å². The van der Waals surface area contributed by atoms with Gasteiger partial charge in [-0.2, -0.15) is 4.31 Å². The lowest BCUT2D eigenvalue weighted by Crippen LogP contribution is -3.19. The minimum absolute atomic E-state index is 0.339. The second-order valence-electron chi connectivity index (χ2n) is 6.51. The third-order valence-corrected chi connectivity index (χ3v) is 8.04. The molecule has 0 radical (unpaired) electrons. The van der Waals surface area contributed by atoms with Crippen molar-refractivity contribution in [2.45, 2.75) is 10.3 Å². The topological polar surface area (TPSA) is 75.7 Å². The minimum Gasteiger partial charge on any atom is -0.382 e. The number of hydrogen-bond donors (Lipinski definition) is 3. The van der Waals surface area contributed by atoms with Crippen LogP contribution in [0.5, 0.6) is 0 Å². The molecule has 3 heterocycles. The van der Waals surface area contributed by atoms with Crippen molar-refractivity contribution in [2.24, 2.45) is 0 Å². The van der Waals surface area contributed by atoms with Gasteiger partial charge in [0.15, 0.2) is 6.10 Å². The monoisotopic (exact) mass is 377 g/mol. The van der Waals surface area contributed by atoms with E-state index < -0.39 is 10.0 Å². The summed E-state index contributed by atoms with van der Waals surface area (Å²) in [5, 5.41) is 12.1. The summed E-state index contributed by atoms with van der Waals surface area (Å²) in [6.07, 6.45) is -0.339. The van der Waals surface area contributed by atoms with Gasteiger partial charge in [-0.25, -0.2) is 8.42 Å². The van der Waals surface area contributed by atoms with Crippen LogP contribution >= 0.6 is 11.3 Å². The number of sulfonamides is 1. The molecule has 136 valence electrons. The summed E-state index contributed by atoms with van der Waals surface area (Å²) in [5.41, 5.74) is 0. The van der Waals surface area contributed by atoms with Gasteiger partial charge in [-0.3, -0.25) is 0 Å². The maximum absolute atomic E-state index is 12.5. The summed E-state index contributed by atoms with van der Waals surface area (Å²) in [4.78, 5) is 2.68. The lowest BCUT2D eigenvalue weighted by atomic mass is 10.2. The number of hydrogen-bond acceptors (Lipinski definition) is 5. The molecule has 1 aromatic rings. The fourth-order valence-electron chi connectivity index (χ4n) is 3.39. The maximum Gasteiger partial charge on any atom is 0.252 e. The Morgan fingerprint density at radius 1 is 1.17 bits per heavy atom. The van der Waals surface area contributed by atoms with Gasteiger partial charge in [-0.15, -0.1) is 11.3 Å². The molecule has 3 N–H and O–H groups in total. The summed E-state index contributed by atoms with van der Waals surface area (Å²) < 4.78 is 32.3. The van der Waals surface area contributed by atoms with Crippen LogP contribution in [0.25, 0.3) is 0 Å². The molecule has 24 heavy (non-hydrogen) atoms. The number of aliphatic hydroxyl groups is 1. The summed E-state index contributed by atoms with van der Waals surface area (Å²) >= 11 is 1.26. The average molecular weight is 378 g/mol. The highest BCUT2D eigenvalue weighted by Crippen LogP contribution is 2.20.